The first-order valence-electron chi connectivity index (χ1n) is 5.99. The molecule has 110 valence electrons. The Morgan fingerprint density at radius 1 is 1.10 bits per heavy atom. The maximum atomic E-state index is 12.3. The molecule has 0 aliphatic heterocycles. The first-order valence-corrected chi connectivity index (χ1v) is 8.77. The number of amides is 1. The van der Waals surface area contributed by atoms with E-state index < -0.39 is 10.0 Å². The van der Waals surface area contributed by atoms with Crippen molar-refractivity contribution in [3.63, 3.8) is 0 Å². The lowest BCUT2D eigenvalue weighted by atomic mass is 10.2. The molecule has 0 bridgehead atoms. The number of nitrogens with one attached hydrogen (secondary N) is 1. The molecule has 0 spiro atoms. The number of benzene rings is 2. The Balaban J connectivity index is 2.37. The third-order valence-electron chi connectivity index (χ3n) is 2.79. The summed E-state index contributed by atoms with van der Waals surface area (Å²) in [5, 5.41) is 7.74. The lowest BCUT2D eigenvalue weighted by Crippen LogP contribution is -2.18. The molecule has 0 aliphatic rings. The van der Waals surface area contributed by atoms with E-state index in [1.807, 2.05) is 18.4 Å². The van der Waals surface area contributed by atoms with Gasteiger partial charge in [-0.05, 0) is 30.5 Å². The molecule has 2 rings (SSSR count). The van der Waals surface area contributed by atoms with Crippen molar-refractivity contribution >= 4 is 33.4 Å². The van der Waals surface area contributed by atoms with Crippen molar-refractivity contribution in [3.05, 3.63) is 54.1 Å². The Morgan fingerprint density at radius 3 is 2.38 bits per heavy atom. The number of sulfonamides is 1. The molecule has 0 saturated heterocycles. The van der Waals surface area contributed by atoms with Crippen LogP contribution in [0, 0.1) is 0 Å². The first kappa shape index (κ1) is 15.6. The van der Waals surface area contributed by atoms with E-state index >= 15 is 0 Å². The Hall–Kier alpha value is -1.83. The molecule has 5 nitrogen and oxygen atoms in total. The third kappa shape index (κ3) is 3.63. The van der Waals surface area contributed by atoms with Gasteiger partial charge < -0.3 is 5.32 Å². The van der Waals surface area contributed by atoms with Gasteiger partial charge in [-0.1, -0.05) is 24.3 Å². The topological polar surface area (TPSA) is 89.3 Å². The van der Waals surface area contributed by atoms with Gasteiger partial charge in [0.25, 0.3) is 5.91 Å². The van der Waals surface area contributed by atoms with Crippen LogP contribution in [0.4, 0.5) is 5.69 Å². The Kier molecular flexibility index (Phi) is 4.66. The van der Waals surface area contributed by atoms with Gasteiger partial charge in [-0.15, -0.1) is 11.8 Å². The third-order valence-corrected chi connectivity index (χ3v) is 4.56. The maximum Gasteiger partial charge on any atom is 0.256 e. The van der Waals surface area contributed by atoms with Gasteiger partial charge in [0.2, 0.25) is 10.0 Å². The quantitative estimate of drug-likeness (QED) is 0.845. The van der Waals surface area contributed by atoms with Gasteiger partial charge in [0.15, 0.2) is 0 Å². The molecular formula is C14H14N2O3S2. The molecule has 7 heteroatoms. The van der Waals surface area contributed by atoms with E-state index in [0.717, 1.165) is 4.90 Å². The fourth-order valence-electron chi connectivity index (χ4n) is 1.84. The molecule has 1 amide bonds. The van der Waals surface area contributed by atoms with Crippen LogP contribution in [0.3, 0.4) is 0 Å². The number of hydrogen-bond acceptors (Lipinski definition) is 4. The van der Waals surface area contributed by atoms with E-state index in [9.17, 15) is 13.2 Å². The Morgan fingerprint density at radius 2 is 1.71 bits per heavy atom. The highest BCUT2D eigenvalue weighted by Gasteiger charge is 2.17. The second-order valence-electron chi connectivity index (χ2n) is 4.20. The van der Waals surface area contributed by atoms with Crippen molar-refractivity contribution in [2.75, 3.05) is 11.6 Å². The zero-order chi connectivity index (χ0) is 15.5. The van der Waals surface area contributed by atoms with E-state index in [1.165, 1.54) is 23.9 Å². The number of thioether (sulfide) groups is 1. The second-order valence-corrected chi connectivity index (χ2v) is 6.57. The van der Waals surface area contributed by atoms with Crippen LogP contribution in [0.2, 0.25) is 0 Å². The predicted octanol–water partition coefficient (Wildman–Crippen LogP) is 2.31. The standard InChI is InChI=1S/C14H14N2O3S2/c1-20-12-8-4-2-6-10(12)14(17)16-11-7-3-5-9-13(11)21(15,18)19/h2-9H,1H3,(H,16,17)(H2,15,18,19). The van der Waals surface area contributed by atoms with Crippen LogP contribution >= 0.6 is 11.8 Å². The zero-order valence-electron chi connectivity index (χ0n) is 11.2. The van der Waals surface area contributed by atoms with Gasteiger partial charge in [0.05, 0.1) is 11.3 Å². The number of carbonyl (C=O) groups excluding carboxylic acids is 1. The summed E-state index contributed by atoms with van der Waals surface area (Å²) in [6.07, 6.45) is 1.87. The summed E-state index contributed by atoms with van der Waals surface area (Å²) in [5.74, 6) is -0.379. The Bertz CT molecular complexity index is 773. The molecule has 0 radical (unpaired) electrons. The lowest BCUT2D eigenvalue weighted by molar-refractivity contribution is 0.102. The average molecular weight is 322 g/mol. The lowest BCUT2D eigenvalue weighted by Gasteiger charge is -2.11. The van der Waals surface area contributed by atoms with E-state index in [1.54, 1.807) is 24.3 Å². The molecule has 0 aromatic heterocycles. The van der Waals surface area contributed by atoms with Crippen molar-refractivity contribution < 1.29 is 13.2 Å². The van der Waals surface area contributed by atoms with Crippen LogP contribution in [0.25, 0.3) is 0 Å². The van der Waals surface area contributed by atoms with Gasteiger partial charge in [0, 0.05) is 4.90 Å². The van der Waals surface area contributed by atoms with Crippen LogP contribution in [0.15, 0.2) is 58.3 Å². The monoisotopic (exact) mass is 322 g/mol. The minimum Gasteiger partial charge on any atom is -0.321 e. The molecule has 2 aromatic rings. The summed E-state index contributed by atoms with van der Waals surface area (Å²) < 4.78 is 23.0. The largest absolute Gasteiger partial charge is 0.321 e. The van der Waals surface area contributed by atoms with Crippen LogP contribution < -0.4 is 10.5 Å². The molecule has 0 aliphatic carbocycles. The highest BCUT2D eigenvalue weighted by Crippen LogP contribution is 2.23. The van der Waals surface area contributed by atoms with E-state index in [4.69, 9.17) is 5.14 Å². The molecule has 0 heterocycles. The van der Waals surface area contributed by atoms with Crippen LogP contribution in [0.5, 0.6) is 0 Å². The van der Waals surface area contributed by atoms with Crippen molar-refractivity contribution in [2.45, 2.75) is 9.79 Å². The van der Waals surface area contributed by atoms with Crippen LogP contribution in [-0.4, -0.2) is 20.6 Å². The normalized spacial score (nSPS) is 11.1. The minimum absolute atomic E-state index is 0.111. The summed E-state index contributed by atoms with van der Waals surface area (Å²) >= 11 is 1.44. The number of primary sulfonamides is 1. The predicted molar refractivity (Wildman–Crippen MR) is 84.0 cm³/mol. The molecule has 0 saturated carbocycles. The number of para-hydroxylation sites is 1. The van der Waals surface area contributed by atoms with Gasteiger partial charge in [-0.2, -0.15) is 0 Å². The molecule has 0 unspecified atom stereocenters. The number of anilines is 1. The first-order chi connectivity index (χ1) is 9.93. The molecule has 0 fully saturated rings. The SMILES string of the molecule is CSc1ccccc1C(=O)Nc1ccccc1S(N)(=O)=O. The number of hydrogen-bond donors (Lipinski definition) is 2. The average Bonchev–Trinajstić information content (AvgIpc) is 2.46. The molecule has 21 heavy (non-hydrogen) atoms. The van der Waals surface area contributed by atoms with E-state index in [-0.39, 0.29) is 16.5 Å². The fraction of sp³-hybridized carbons (Fsp3) is 0.0714. The molecule has 2 aromatic carbocycles. The number of rotatable bonds is 4. The highest BCUT2D eigenvalue weighted by atomic mass is 32.2. The summed E-state index contributed by atoms with van der Waals surface area (Å²) in [4.78, 5) is 13.0. The number of carbonyl (C=O) groups is 1. The molecular weight excluding hydrogens is 308 g/mol. The highest BCUT2D eigenvalue weighted by molar-refractivity contribution is 7.98. The van der Waals surface area contributed by atoms with Gasteiger partial charge in [-0.3, -0.25) is 4.79 Å². The van der Waals surface area contributed by atoms with Gasteiger partial charge in [-0.25, -0.2) is 13.6 Å². The van der Waals surface area contributed by atoms with Gasteiger partial charge in [0.1, 0.15) is 4.90 Å². The summed E-state index contributed by atoms with van der Waals surface area (Å²) in [6, 6.07) is 13.1. The summed E-state index contributed by atoms with van der Waals surface area (Å²) in [7, 11) is -3.90. The maximum absolute atomic E-state index is 12.3. The van der Waals surface area contributed by atoms with Crippen molar-refractivity contribution in [3.8, 4) is 0 Å². The molecule has 0 atom stereocenters. The van der Waals surface area contributed by atoms with Crippen LogP contribution in [0.1, 0.15) is 10.4 Å². The Labute approximate surface area is 127 Å². The second kappa shape index (κ2) is 6.30. The fourth-order valence-corrected chi connectivity index (χ4v) is 3.13. The van der Waals surface area contributed by atoms with Gasteiger partial charge >= 0.3 is 0 Å². The van der Waals surface area contributed by atoms with Crippen molar-refractivity contribution in [2.24, 2.45) is 5.14 Å². The minimum atomic E-state index is -3.90. The number of nitrogens with two attached hydrogens (primary N) is 1. The van der Waals surface area contributed by atoms with E-state index in [0.29, 0.717) is 5.56 Å². The summed E-state index contributed by atoms with van der Waals surface area (Å²) in [5.41, 5.74) is 0.648. The van der Waals surface area contributed by atoms with Crippen LogP contribution in [-0.2, 0) is 10.0 Å². The smallest absolute Gasteiger partial charge is 0.256 e. The van der Waals surface area contributed by atoms with E-state index in [2.05, 4.69) is 5.32 Å². The molecule has 3 N–H and O–H groups in total. The van der Waals surface area contributed by atoms with Crippen molar-refractivity contribution in [1.82, 2.24) is 0 Å². The summed E-state index contributed by atoms with van der Waals surface area (Å²) in [6.45, 7) is 0. The zero-order valence-corrected chi connectivity index (χ0v) is 12.9. The van der Waals surface area contributed by atoms with Crippen molar-refractivity contribution in [1.29, 1.82) is 0 Å².